The standard InChI is InChI=1S/C22H26N2O4/c1-2-24(20-9-5-7-17-6-3-4-8-19(17)20)21(25)16-28-23-18-10-12-22(13-11-18)26-14-15-27-22/h3-9H,2,10-16H2,1H3. The number of carbonyl (C=O) groups excluding carboxylic acids is 1. The molecule has 0 atom stereocenters. The molecule has 1 aliphatic carbocycles. The second-order valence-electron chi connectivity index (χ2n) is 7.17. The minimum atomic E-state index is -0.414. The Labute approximate surface area is 165 Å². The largest absolute Gasteiger partial charge is 0.386 e. The molecule has 1 heterocycles. The number of hydrogen-bond acceptors (Lipinski definition) is 5. The minimum Gasteiger partial charge on any atom is -0.386 e. The third-order valence-corrected chi connectivity index (χ3v) is 5.46. The Hall–Kier alpha value is -2.44. The lowest BCUT2D eigenvalue weighted by atomic mass is 9.92. The van der Waals surface area contributed by atoms with Gasteiger partial charge in [-0.25, -0.2) is 0 Å². The molecule has 0 aromatic heterocycles. The van der Waals surface area contributed by atoms with Crippen LogP contribution in [-0.2, 0) is 19.1 Å². The first kappa shape index (κ1) is 18.9. The van der Waals surface area contributed by atoms with Crippen molar-refractivity contribution in [2.24, 2.45) is 5.16 Å². The summed E-state index contributed by atoms with van der Waals surface area (Å²) in [5.41, 5.74) is 1.86. The number of hydrogen-bond donors (Lipinski definition) is 0. The Morgan fingerprint density at radius 3 is 2.57 bits per heavy atom. The molecule has 1 saturated carbocycles. The normalized spacial score (nSPS) is 18.4. The van der Waals surface area contributed by atoms with E-state index in [1.165, 1.54) is 0 Å². The summed E-state index contributed by atoms with van der Waals surface area (Å²) < 4.78 is 11.4. The van der Waals surface area contributed by atoms with E-state index in [2.05, 4.69) is 5.16 Å². The number of amides is 1. The van der Waals surface area contributed by atoms with Crippen LogP contribution in [0.25, 0.3) is 10.8 Å². The molecule has 6 heteroatoms. The van der Waals surface area contributed by atoms with Gasteiger partial charge in [0.2, 0.25) is 0 Å². The average Bonchev–Trinajstić information content (AvgIpc) is 3.18. The predicted molar refractivity (Wildman–Crippen MR) is 108 cm³/mol. The van der Waals surface area contributed by atoms with Gasteiger partial charge in [-0.2, -0.15) is 0 Å². The zero-order chi connectivity index (χ0) is 19.4. The summed E-state index contributed by atoms with van der Waals surface area (Å²) >= 11 is 0. The third-order valence-electron chi connectivity index (χ3n) is 5.46. The summed E-state index contributed by atoms with van der Waals surface area (Å²) in [6.07, 6.45) is 3.13. The Balaban J connectivity index is 1.37. The lowest BCUT2D eigenvalue weighted by Gasteiger charge is -2.31. The average molecular weight is 382 g/mol. The number of likely N-dealkylation sites (N-methyl/N-ethyl adjacent to an activating group) is 1. The van der Waals surface area contributed by atoms with Crippen LogP contribution in [0.2, 0.25) is 0 Å². The number of anilines is 1. The van der Waals surface area contributed by atoms with Gasteiger partial charge in [0.15, 0.2) is 12.4 Å². The van der Waals surface area contributed by atoms with E-state index >= 15 is 0 Å². The number of ether oxygens (including phenoxy) is 2. The molecule has 2 aromatic carbocycles. The number of rotatable bonds is 5. The molecular formula is C22H26N2O4. The number of oxime groups is 1. The molecule has 0 bridgehead atoms. The molecule has 28 heavy (non-hydrogen) atoms. The zero-order valence-corrected chi connectivity index (χ0v) is 16.2. The molecular weight excluding hydrogens is 356 g/mol. The highest BCUT2D eigenvalue weighted by Crippen LogP contribution is 2.34. The van der Waals surface area contributed by atoms with Crippen LogP contribution in [0, 0.1) is 0 Å². The fraction of sp³-hybridized carbons (Fsp3) is 0.455. The van der Waals surface area contributed by atoms with E-state index in [1.807, 2.05) is 49.4 Å². The van der Waals surface area contributed by atoms with E-state index in [-0.39, 0.29) is 12.5 Å². The summed E-state index contributed by atoms with van der Waals surface area (Å²) in [5.74, 6) is -0.514. The van der Waals surface area contributed by atoms with Crippen LogP contribution in [0.4, 0.5) is 5.69 Å². The van der Waals surface area contributed by atoms with Crippen molar-refractivity contribution >= 4 is 28.1 Å². The number of nitrogens with zero attached hydrogens (tertiary/aromatic N) is 2. The fourth-order valence-electron chi connectivity index (χ4n) is 3.98. The SMILES string of the molecule is CCN(C(=O)CON=C1CCC2(CC1)OCCO2)c1cccc2ccccc12. The van der Waals surface area contributed by atoms with Gasteiger partial charge in [-0.15, -0.1) is 0 Å². The first-order valence-electron chi connectivity index (χ1n) is 9.94. The van der Waals surface area contributed by atoms with Crippen LogP contribution in [0.3, 0.4) is 0 Å². The van der Waals surface area contributed by atoms with Crippen molar-refractivity contribution in [1.82, 2.24) is 0 Å². The molecule has 0 unspecified atom stereocenters. The van der Waals surface area contributed by atoms with E-state index in [0.29, 0.717) is 19.8 Å². The molecule has 1 aliphatic heterocycles. The van der Waals surface area contributed by atoms with Crippen molar-refractivity contribution in [2.75, 3.05) is 31.3 Å². The highest BCUT2D eigenvalue weighted by atomic mass is 16.7. The van der Waals surface area contributed by atoms with Crippen molar-refractivity contribution in [3.8, 4) is 0 Å². The van der Waals surface area contributed by atoms with Crippen molar-refractivity contribution in [3.05, 3.63) is 42.5 Å². The summed E-state index contributed by atoms with van der Waals surface area (Å²) in [5, 5.41) is 6.38. The topological polar surface area (TPSA) is 60.4 Å². The number of carbonyl (C=O) groups is 1. The maximum absolute atomic E-state index is 12.8. The zero-order valence-electron chi connectivity index (χ0n) is 16.2. The van der Waals surface area contributed by atoms with E-state index in [9.17, 15) is 4.79 Å². The van der Waals surface area contributed by atoms with Crippen molar-refractivity contribution < 1.29 is 19.1 Å². The Morgan fingerprint density at radius 1 is 1.11 bits per heavy atom. The van der Waals surface area contributed by atoms with Gasteiger partial charge in [0.05, 0.1) is 24.6 Å². The minimum absolute atomic E-state index is 0.0707. The summed E-state index contributed by atoms with van der Waals surface area (Å²) in [7, 11) is 0. The quantitative estimate of drug-likeness (QED) is 0.737. The first-order chi connectivity index (χ1) is 13.7. The van der Waals surface area contributed by atoms with Crippen molar-refractivity contribution in [1.29, 1.82) is 0 Å². The highest BCUT2D eigenvalue weighted by molar-refractivity contribution is 6.04. The molecule has 2 aliphatic rings. The summed E-state index contributed by atoms with van der Waals surface area (Å²) in [4.78, 5) is 19.9. The summed E-state index contributed by atoms with van der Waals surface area (Å²) in [6.45, 7) is 3.80. The van der Waals surface area contributed by atoms with E-state index in [0.717, 1.165) is 47.9 Å². The molecule has 1 amide bonds. The Kier molecular flexibility index (Phi) is 5.59. The Bertz CT molecular complexity index is 856. The van der Waals surface area contributed by atoms with Crippen LogP contribution in [-0.4, -0.2) is 43.8 Å². The third kappa shape index (κ3) is 3.88. The maximum Gasteiger partial charge on any atom is 0.267 e. The molecule has 148 valence electrons. The van der Waals surface area contributed by atoms with E-state index in [1.54, 1.807) is 4.90 Å². The van der Waals surface area contributed by atoms with Crippen LogP contribution in [0.5, 0.6) is 0 Å². The molecule has 2 aromatic rings. The molecule has 1 saturated heterocycles. The lowest BCUT2D eigenvalue weighted by Crippen LogP contribution is -2.35. The van der Waals surface area contributed by atoms with Gasteiger partial charge in [0.1, 0.15) is 0 Å². The van der Waals surface area contributed by atoms with Gasteiger partial charge in [-0.1, -0.05) is 41.6 Å². The van der Waals surface area contributed by atoms with Gasteiger partial charge in [0, 0.05) is 24.8 Å². The summed E-state index contributed by atoms with van der Waals surface area (Å²) in [6, 6.07) is 14.1. The van der Waals surface area contributed by atoms with Gasteiger partial charge >= 0.3 is 0 Å². The molecule has 4 rings (SSSR count). The molecule has 1 spiro atoms. The van der Waals surface area contributed by atoms with Crippen molar-refractivity contribution in [2.45, 2.75) is 38.4 Å². The second kappa shape index (κ2) is 8.29. The van der Waals surface area contributed by atoms with Gasteiger partial charge in [0.25, 0.3) is 5.91 Å². The van der Waals surface area contributed by atoms with E-state index in [4.69, 9.17) is 14.3 Å². The maximum atomic E-state index is 12.8. The van der Waals surface area contributed by atoms with Crippen LogP contribution in [0.1, 0.15) is 32.6 Å². The Morgan fingerprint density at radius 2 is 1.82 bits per heavy atom. The van der Waals surface area contributed by atoms with Crippen LogP contribution >= 0.6 is 0 Å². The highest BCUT2D eigenvalue weighted by Gasteiger charge is 2.39. The van der Waals surface area contributed by atoms with Crippen molar-refractivity contribution in [3.63, 3.8) is 0 Å². The smallest absolute Gasteiger partial charge is 0.267 e. The second-order valence-corrected chi connectivity index (χ2v) is 7.17. The lowest BCUT2D eigenvalue weighted by molar-refractivity contribution is -0.168. The van der Waals surface area contributed by atoms with Crippen LogP contribution in [0.15, 0.2) is 47.6 Å². The van der Waals surface area contributed by atoms with Crippen LogP contribution < -0.4 is 4.90 Å². The predicted octanol–water partition coefficient (Wildman–Crippen LogP) is 3.88. The van der Waals surface area contributed by atoms with Gasteiger partial charge < -0.3 is 19.2 Å². The molecule has 2 fully saturated rings. The molecule has 6 nitrogen and oxygen atoms in total. The molecule has 0 radical (unpaired) electrons. The monoisotopic (exact) mass is 382 g/mol. The number of fused-ring (bicyclic) bond motifs is 1. The van der Waals surface area contributed by atoms with E-state index < -0.39 is 5.79 Å². The van der Waals surface area contributed by atoms with Gasteiger partial charge in [-0.3, -0.25) is 4.79 Å². The van der Waals surface area contributed by atoms with Gasteiger partial charge in [-0.05, 0) is 31.2 Å². The molecule has 0 N–H and O–H groups in total. The number of benzene rings is 2. The first-order valence-corrected chi connectivity index (χ1v) is 9.94. The fourth-order valence-corrected chi connectivity index (χ4v) is 3.98.